The molecule has 0 radical (unpaired) electrons. The van der Waals surface area contributed by atoms with Crippen LogP contribution in [0.2, 0.25) is 0 Å². The molecule has 7 nitrogen and oxygen atoms in total. The number of rotatable bonds is 5. The van der Waals surface area contributed by atoms with Crippen molar-refractivity contribution in [3.63, 3.8) is 0 Å². The van der Waals surface area contributed by atoms with Crippen LogP contribution < -0.4 is 4.74 Å². The number of nitriles is 1. The summed E-state index contributed by atoms with van der Waals surface area (Å²) in [6.07, 6.45) is 4.25. The van der Waals surface area contributed by atoms with E-state index in [2.05, 4.69) is 22.9 Å². The largest absolute Gasteiger partial charge is 0.504 e. The molecule has 2 aliphatic rings. The second-order valence-electron chi connectivity index (χ2n) is 8.30. The Labute approximate surface area is 182 Å². The van der Waals surface area contributed by atoms with Gasteiger partial charge in [-0.15, -0.1) is 0 Å². The fraction of sp³-hybridized carbons (Fsp3) is 0.500. The van der Waals surface area contributed by atoms with Crippen molar-refractivity contribution >= 4 is 16.9 Å². The van der Waals surface area contributed by atoms with Crippen molar-refractivity contribution < 1.29 is 19.0 Å². The zero-order chi connectivity index (χ0) is 22.1. The number of carbonyl (C=O) groups is 1. The lowest BCUT2D eigenvalue weighted by Gasteiger charge is -2.46. The van der Waals surface area contributed by atoms with Gasteiger partial charge in [0.1, 0.15) is 5.75 Å². The first-order valence-electron chi connectivity index (χ1n) is 10.7. The normalized spacial score (nSPS) is 23.6. The van der Waals surface area contributed by atoms with Crippen LogP contribution in [0.25, 0.3) is 10.9 Å². The average Bonchev–Trinajstić information content (AvgIpc) is 3.19. The summed E-state index contributed by atoms with van der Waals surface area (Å²) in [7, 11) is 4.62. The average molecular weight is 424 g/mol. The number of H-pyrrole nitrogens is 1. The van der Waals surface area contributed by atoms with Gasteiger partial charge in [-0.2, -0.15) is 5.26 Å². The Kier molecular flexibility index (Phi) is 5.92. The number of esters is 1. The third-order valence-corrected chi connectivity index (χ3v) is 6.88. The minimum atomic E-state index is -0.327. The molecule has 1 aromatic carbocycles. The highest BCUT2D eigenvalue weighted by Gasteiger charge is 2.42. The highest BCUT2D eigenvalue weighted by molar-refractivity contribution is 5.92. The maximum absolute atomic E-state index is 12.5. The minimum absolute atomic E-state index is 0.0487. The van der Waals surface area contributed by atoms with Crippen molar-refractivity contribution in [2.45, 2.75) is 32.2 Å². The number of nitrogens with zero attached hydrogens (tertiary/aromatic N) is 2. The summed E-state index contributed by atoms with van der Waals surface area (Å²) in [6, 6.07) is 6.06. The molecule has 4 rings (SSSR count). The van der Waals surface area contributed by atoms with Crippen LogP contribution in [0.1, 0.15) is 42.6 Å². The van der Waals surface area contributed by atoms with E-state index in [4.69, 9.17) is 14.2 Å². The van der Waals surface area contributed by atoms with Crippen LogP contribution in [0.3, 0.4) is 0 Å². The SMILES string of the molecule is CC[C@@H]1CN2CCc3c([nH]c4cc(C#N)cc(OC)c34)C2C[C@@H]1/C(=C\OC)C(=O)OC. The molecule has 1 fully saturated rings. The Balaban J connectivity index is 1.79. The molecule has 0 saturated carbocycles. The van der Waals surface area contributed by atoms with Gasteiger partial charge in [-0.25, -0.2) is 4.79 Å². The van der Waals surface area contributed by atoms with Crippen molar-refractivity contribution in [1.82, 2.24) is 9.88 Å². The standard InChI is InChI=1S/C24H29N3O4/c1-5-15-12-27-7-6-16-22-19(8-14(11-25)9-21(22)30-3)26-23(16)20(27)10-17(15)18(13-29-2)24(28)31-4/h8-9,13,15,17,20,26H,5-7,10,12H2,1-4H3/b18-13+/t15-,17+,20?/m1/s1. The maximum Gasteiger partial charge on any atom is 0.337 e. The van der Waals surface area contributed by atoms with Crippen LogP contribution in [-0.4, -0.2) is 50.3 Å². The minimum Gasteiger partial charge on any atom is -0.504 e. The summed E-state index contributed by atoms with van der Waals surface area (Å²) < 4.78 is 15.9. The predicted octanol–water partition coefficient (Wildman–Crippen LogP) is 3.70. The third-order valence-electron chi connectivity index (χ3n) is 6.88. The van der Waals surface area contributed by atoms with E-state index in [0.29, 0.717) is 17.1 Å². The fourth-order valence-electron chi connectivity index (χ4n) is 5.42. The van der Waals surface area contributed by atoms with Gasteiger partial charge in [-0.3, -0.25) is 4.90 Å². The number of aromatic amines is 1. The summed E-state index contributed by atoms with van der Waals surface area (Å²) in [6.45, 7) is 4.05. The van der Waals surface area contributed by atoms with Gasteiger partial charge in [0.05, 0.1) is 56.4 Å². The van der Waals surface area contributed by atoms with E-state index in [0.717, 1.165) is 54.7 Å². The number of piperidine rings is 1. The quantitative estimate of drug-likeness (QED) is 0.448. The van der Waals surface area contributed by atoms with Crippen molar-refractivity contribution in [3.8, 4) is 11.8 Å². The molecule has 3 atom stereocenters. The molecular formula is C24H29N3O4. The lowest BCUT2D eigenvalue weighted by molar-refractivity contribution is -0.137. The van der Waals surface area contributed by atoms with E-state index in [9.17, 15) is 10.1 Å². The van der Waals surface area contributed by atoms with Crippen molar-refractivity contribution in [2.75, 3.05) is 34.4 Å². The number of hydrogen-bond donors (Lipinski definition) is 1. The van der Waals surface area contributed by atoms with Gasteiger partial charge in [0.25, 0.3) is 0 Å². The second kappa shape index (κ2) is 8.64. The van der Waals surface area contributed by atoms with Crippen molar-refractivity contribution in [2.24, 2.45) is 11.8 Å². The van der Waals surface area contributed by atoms with Gasteiger partial charge < -0.3 is 19.2 Å². The number of fused-ring (bicyclic) bond motifs is 5. The Morgan fingerprint density at radius 3 is 2.81 bits per heavy atom. The third kappa shape index (κ3) is 3.55. The Hall–Kier alpha value is -2.98. The molecule has 0 bridgehead atoms. The molecule has 3 heterocycles. The molecule has 0 aliphatic carbocycles. The van der Waals surface area contributed by atoms with E-state index in [1.54, 1.807) is 26.5 Å². The number of ether oxygens (including phenoxy) is 3. The van der Waals surface area contributed by atoms with Gasteiger partial charge in [-0.1, -0.05) is 13.3 Å². The number of aromatic nitrogens is 1. The maximum atomic E-state index is 12.5. The molecule has 1 aromatic heterocycles. The van der Waals surface area contributed by atoms with Crippen LogP contribution in [0.4, 0.5) is 0 Å². The molecular weight excluding hydrogens is 394 g/mol. The number of benzene rings is 1. The number of carbonyl (C=O) groups excluding carboxylic acids is 1. The molecule has 2 aliphatic heterocycles. The highest BCUT2D eigenvalue weighted by Crippen LogP contribution is 2.47. The fourth-order valence-corrected chi connectivity index (χ4v) is 5.42. The Bertz CT molecular complexity index is 1060. The number of nitrogens with one attached hydrogen (secondary N) is 1. The number of hydrogen-bond acceptors (Lipinski definition) is 6. The molecule has 7 heteroatoms. The smallest absolute Gasteiger partial charge is 0.337 e. The molecule has 0 spiro atoms. The number of methoxy groups -OCH3 is 3. The lowest BCUT2D eigenvalue weighted by Crippen LogP contribution is -2.47. The zero-order valence-electron chi connectivity index (χ0n) is 18.5. The molecule has 164 valence electrons. The van der Waals surface area contributed by atoms with Gasteiger partial charge >= 0.3 is 5.97 Å². The van der Waals surface area contributed by atoms with Crippen LogP contribution >= 0.6 is 0 Å². The van der Waals surface area contributed by atoms with Crippen LogP contribution in [0.15, 0.2) is 24.0 Å². The van der Waals surface area contributed by atoms with Gasteiger partial charge in [0, 0.05) is 24.2 Å². The molecule has 1 saturated heterocycles. The van der Waals surface area contributed by atoms with Crippen molar-refractivity contribution in [3.05, 3.63) is 40.8 Å². The van der Waals surface area contributed by atoms with Gasteiger partial charge in [-0.05, 0) is 42.4 Å². The topological polar surface area (TPSA) is 87.6 Å². The van der Waals surface area contributed by atoms with Crippen LogP contribution in [0.5, 0.6) is 5.75 Å². The van der Waals surface area contributed by atoms with Crippen LogP contribution in [-0.2, 0) is 20.7 Å². The zero-order valence-corrected chi connectivity index (χ0v) is 18.5. The van der Waals surface area contributed by atoms with E-state index in [1.807, 2.05) is 6.07 Å². The van der Waals surface area contributed by atoms with Gasteiger partial charge in [0.15, 0.2) is 0 Å². The Morgan fingerprint density at radius 1 is 1.35 bits per heavy atom. The lowest BCUT2D eigenvalue weighted by atomic mass is 9.74. The Morgan fingerprint density at radius 2 is 2.16 bits per heavy atom. The van der Waals surface area contributed by atoms with E-state index in [-0.39, 0.29) is 17.9 Å². The molecule has 31 heavy (non-hydrogen) atoms. The summed E-state index contributed by atoms with van der Waals surface area (Å²) in [5.41, 5.74) is 4.52. The van der Waals surface area contributed by atoms with Gasteiger partial charge in [0.2, 0.25) is 0 Å². The first-order valence-corrected chi connectivity index (χ1v) is 10.7. The summed E-state index contributed by atoms with van der Waals surface area (Å²) in [5.74, 6) is 0.801. The van der Waals surface area contributed by atoms with E-state index < -0.39 is 0 Å². The monoisotopic (exact) mass is 423 g/mol. The molecule has 2 aromatic rings. The molecule has 0 amide bonds. The van der Waals surface area contributed by atoms with Crippen LogP contribution in [0, 0.1) is 23.2 Å². The summed E-state index contributed by atoms with van der Waals surface area (Å²) in [5, 5.41) is 10.5. The van der Waals surface area contributed by atoms with E-state index in [1.165, 1.54) is 12.7 Å². The molecule has 1 unspecified atom stereocenters. The molecule has 1 N–H and O–H groups in total. The van der Waals surface area contributed by atoms with Crippen molar-refractivity contribution in [1.29, 1.82) is 5.26 Å². The predicted molar refractivity (Wildman–Crippen MR) is 117 cm³/mol. The summed E-state index contributed by atoms with van der Waals surface area (Å²) >= 11 is 0. The summed E-state index contributed by atoms with van der Waals surface area (Å²) in [4.78, 5) is 18.6. The first-order chi connectivity index (χ1) is 15.1. The van der Waals surface area contributed by atoms with E-state index >= 15 is 0 Å². The highest BCUT2D eigenvalue weighted by atomic mass is 16.5. The second-order valence-corrected chi connectivity index (χ2v) is 8.30. The first kappa shape index (κ1) is 21.3.